The van der Waals surface area contributed by atoms with Crippen LogP contribution in [0, 0.1) is 34.6 Å². The molecule has 4 aromatic rings. The summed E-state index contributed by atoms with van der Waals surface area (Å²) >= 11 is 5.91. The SMILES string of the molecule is Cc1cccc(N2C(=S)N[C@H](c3ccccn3)[C@H]2c2cc(C)n(-c3cc(C)cc(C)c3)c2C)c1. The molecule has 4 nitrogen and oxygen atoms in total. The summed E-state index contributed by atoms with van der Waals surface area (Å²) in [5.74, 6) is 0. The molecule has 2 atom stereocenters. The van der Waals surface area contributed by atoms with Crippen LogP contribution in [0.15, 0.2) is 72.9 Å². The highest BCUT2D eigenvalue weighted by atomic mass is 32.1. The average molecular weight is 467 g/mol. The summed E-state index contributed by atoms with van der Waals surface area (Å²) in [6.07, 6.45) is 1.85. The Morgan fingerprint density at radius 2 is 1.53 bits per heavy atom. The largest absolute Gasteiger partial charge is 0.351 e. The molecule has 2 aromatic heterocycles. The molecule has 5 rings (SSSR count). The van der Waals surface area contributed by atoms with Crippen molar-refractivity contribution in [3.63, 3.8) is 0 Å². The summed E-state index contributed by atoms with van der Waals surface area (Å²) < 4.78 is 2.36. The molecular weight excluding hydrogens is 436 g/mol. The van der Waals surface area contributed by atoms with Crippen LogP contribution in [0.1, 0.15) is 51.4 Å². The van der Waals surface area contributed by atoms with Crippen molar-refractivity contribution >= 4 is 23.0 Å². The van der Waals surface area contributed by atoms with Gasteiger partial charge in [0.15, 0.2) is 5.11 Å². The quantitative estimate of drug-likeness (QED) is 0.344. The van der Waals surface area contributed by atoms with E-state index in [1.807, 2.05) is 18.3 Å². The highest BCUT2D eigenvalue weighted by Crippen LogP contribution is 2.43. The number of pyridine rings is 1. The normalized spacial score (nSPS) is 17.8. The second-order valence-electron chi connectivity index (χ2n) is 9.34. The lowest BCUT2D eigenvalue weighted by Gasteiger charge is -2.28. The van der Waals surface area contributed by atoms with Crippen LogP contribution in [0.5, 0.6) is 0 Å². The van der Waals surface area contributed by atoms with Gasteiger partial charge in [0.2, 0.25) is 0 Å². The predicted octanol–water partition coefficient (Wildman–Crippen LogP) is 6.59. The van der Waals surface area contributed by atoms with Crippen molar-refractivity contribution in [2.45, 2.75) is 46.7 Å². The summed E-state index contributed by atoms with van der Waals surface area (Å²) in [6.45, 7) is 10.8. The van der Waals surface area contributed by atoms with E-state index in [-0.39, 0.29) is 12.1 Å². The van der Waals surface area contributed by atoms with Crippen LogP contribution in [-0.2, 0) is 0 Å². The predicted molar refractivity (Wildman–Crippen MR) is 144 cm³/mol. The van der Waals surface area contributed by atoms with Crippen LogP contribution in [-0.4, -0.2) is 14.7 Å². The van der Waals surface area contributed by atoms with Crippen LogP contribution in [0.25, 0.3) is 5.69 Å². The Morgan fingerprint density at radius 3 is 2.21 bits per heavy atom. The first-order valence-electron chi connectivity index (χ1n) is 11.7. The maximum absolute atomic E-state index is 5.91. The first-order chi connectivity index (χ1) is 16.3. The van der Waals surface area contributed by atoms with Gasteiger partial charge in [-0.05, 0) is 112 Å². The molecule has 1 saturated heterocycles. The fourth-order valence-electron chi connectivity index (χ4n) is 5.29. The minimum absolute atomic E-state index is 0.0185. The smallest absolute Gasteiger partial charge is 0.174 e. The summed E-state index contributed by atoms with van der Waals surface area (Å²) in [6, 6.07) is 23.6. The molecule has 0 bridgehead atoms. The number of anilines is 1. The Balaban J connectivity index is 1.70. The molecule has 0 unspecified atom stereocenters. The van der Waals surface area contributed by atoms with E-state index in [1.54, 1.807) is 0 Å². The molecule has 172 valence electrons. The van der Waals surface area contributed by atoms with Gasteiger partial charge in [0.1, 0.15) is 0 Å². The van der Waals surface area contributed by atoms with E-state index in [9.17, 15) is 0 Å². The van der Waals surface area contributed by atoms with Crippen LogP contribution in [0.4, 0.5) is 5.69 Å². The second-order valence-corrected chi connectivity index (χ2v) is 9.73. The van der Waals surface area contributed by atoms with Crippen molar-refractivity contribution in [3.8, 4) is 5.69 Å². The molecule has 5 heteroatoms. The summed E-state index contributed by atoms with van der Waals surface area (Å²) in [4.78, 5) is 6.96. The minimum Gasteiger partial charge on any atom is -0.351 e. The maximum atomic E-state index is 5.91. The number of rotatable bonds is 4. The first-order valence-corrected chi connectivity index (χ1v) is 12.1. The van der Waals surface area contributed by atoms with E-state index in [0.717, 1.165) is 16.5 Å². The molecule has 0 radical (unpaired) electrons. The van der Waals surface area contributed by atoms with Crippen LogP contribution in [0.3, 0.4) is 0 Å². The number of hydrogen-bond acceptors (Lipinski definition) is 2. The van der Waals surface area contributed by atoms with Crippen molar-refractivity contribution in [1.29, 1.82) is 0 Å². The number of aromatic nitrogens is 2. The summed E-state index contributed by atoms with van der Waals surface area (Å²) in [5, 5.41) is 4.31. The number of hydrogen-bond donors (Lipinski definition) is 1. The van der Waals surface area contributed by atoms with Crippen LogP contribution in [0.2, 0.25) is 0 Å². The van der Waals surface area contributed by atoms with E-state index in [1.165, 1.54) is 39.3 Å². The van der Waals surface area contributed by atoms with Gasteiger partial charge in [0.05, 0.1) is 17.8 Å². The molecule has 0 spiro atoms. The molecule has 1 fully saturated rings. The number of nitrogens with zero attached hydrogens (tertiary/aromatic N) is 3. The minimum atomic E-state index is -0.0533. The fraction of sp³-hybridized carbons (Fsp3) is 0.241. The highest BCUT2D eigenvalue weighted by Gasteiger charge is 2.42. The monoisotopic (exact) mass is 466 g/mol. The third-order valence-electron chi connectivity index (χ3n) is 6.63. The van der Waals surface area contributed by atoms with Gasteiger partial charge in [-0.25, -0.2) is 0 Å². The average Bonchev–Trinajstić information content (AvgIpc) is 3.29. The number of aryl methyl sites for hydroxylation is 4. The lowest BCUT2D eigenvalue weighted by molar-refractivity contribution is 0.565. The van der Waals surface area contributed by atoms with Crippen molar-refractivity contribution in [2.24, 2.45) is 0 Å². The third-order valence-corrected chi connectivity index (χ3v) is 6.95. The number of nitrogens with one attached hydrogen (secondary N) is 1. The van der Waals surface area contributed by atoms with E-state index >= 15 is 0 Å². The molecule has 0 saturated carbocycles. The molecule has 3 heterocycles. The second kappa shape index (κ2) is 8.73. The molecule has 1 aliphatic heterocycles. The Bertz CT molecular complexity index is 1350. The van der Waals surface area contributed by atoms with Gasteiger partial charge in [-0.3, -0.25) is 4.98 Å². The summed E-state index contributed by atoms with van der Waals surface area (Å²) in [5.41, 5.74) is 10.7. The Hall–Kier alpha value is -3.44. The van der Waals surface area contributed by atoms with Crippen LogP contribution >= 0.6 is 12.2 Å². The maximum Gasteiger partial charge on any atom is 0.174 e. The molecule has 1 N–H and O–H groups in total. The molecule has 34 heavy (non-hydrogen) atoms. The van der Waals surface area contributed by atoms with Crippen molar-refractivity contribution < 1.29 is 0 Å². The van der Waals surface area contributed by atoms with Gasteiger partial charge < -0.3 is 14.8 Å². The lowest BCUT2D eigenvalue weighted by atomic mass is 9.96. The highest BCUT2D eigenvalue weighted by molar-refractivity contribution is 7.80. The Kier molecular flexibility index (Phi) is 5.74. The molecule has 2 aromatic carbocycles. The van der Waals surface area contributed by atoms with E-state index in [2.05, 4.69) is 104 Å². The Morgan fingerprint density at radius 1 is 0.794 bits per heavy atom. The zero-order valence-electron chi connectivity index (χ0n) is 20.3. The number of thiocarbonyl (C=S) groups is 1. The van der Waals surface area contributed by atoms with Crippen LogP contribution < -0.4 is 10.2 Å². The van der Waals surface area contributed by atoms with Crippen molar-refractivity contribution in [2.75, 3.05) is 4.90 Å². The molecular formula is C29H30N4S. The topological polar surface area (TPSA) is 33.1 Å². The summed E-state index contributed by atoms with van der Waals surface area (Å²) in [7, 11) is 0. The van der Waals surface area contributed by atoms with Gasteiger partial charge in [-0.1, -0.05) is 24.3 Å². The van der Waals surface area contributed by atoms with Crippen molar-refractivity contribution in [1.82, 2.24) is 14.9 Å². The van der Waals surface area contributed by atoms with Gasteiger partial charge in [0, 0.05) is 29.0 Å². The molecule has 1 aliphatic rings. The van der Waals surface area contributed by atoms with E-state index in [0.29, 0.717) is 0 Å². The lowest BCUT2D eigenvalue weighted by Crippen LogP contribution is -2.29. The van der Waals surface area contributed by atoms with Gasteiger partial charge in [-0.15, -0.1) is 0 Å². The zero-order valence-corrected chi connectivity index (χ0v) is 21.1. The Labute approximate surface area is 207 Å². The first kappa shape index (κ1) is 22.4. The molecule has 0 aliphatic carbocycles. The van der Waals surface area contributed by atoms with Gasteiger partial charge in [0.25, 0.3) is 0 Å². The van der Waals surface area contributed by atoms with Crippen molar-refractivity contribution in [3.05, 3.63) is 112 Å². The number of benzene rings is 2. The molecule has 0 amide bonds. The van der Waals surface area contributed by atoms with Gasteiger partial charge in [-0.2, -0.15) is 0 Å². The fourth-order valence-corrected chi connectivity index (χ4v) is 5.64. The third kappa shape index (κ3) is 3.90. The zero-order chi connectivity index (χ0) is 24.0. The van der Waals surface area contributed by atoms with E-state index in [4.69, 9.17) is 17.2 Å². The van der Waals surface area contributed by atoms with Gasteiger partial charge >= 0.3 is 0 Å². The van der Waals surface area contributed by atoms with E-state index < -0.39 is 0 Å². The standard InChI is InChI=1S/C29H30N4S/c1-18-9-8-10-23(14-18)33-28(27(31-29(33)34)26-11-6-7-12-30-26)25-17-21(4)32(22(25)5)24-15-19(2)13-20(3)16-24/h6-17,27-28H,1-5H3,(H,31,34)/t27-,28-/m1/s1.